The molecule has 0 heterocycles. The van der Waals surface area contributed by atoms with Crippen LogP contribution in [0.1, 0.15) is 46.0 Å². The summed E-state index contributed by atoms with van der Waals surface area (Å²) in [6.07, 6.45) is 7.12. The Balaban J connectivity index is 2.28. The number of rotatable bonds is 4. The fraction of sp³-hybridized carbons (Fsp3) is 1.00. The van der Waals surface area contributed by atoms with Crippen LogP contribution >= 0.6 is 0 Å². The smallest absolute Gasteiger partial charge is 0.0753 e. The van der Waals surface area contributed by atoms with Gasteiger partial charge in [0.1, 0.15) is 0 Å². The van der Waals surface area contributed by atoms with E-state index >= 15 is 0 Å². The molecule has 0 unspecified atom stereocenters. The third-order valence-corrected chi connectivity index (χ3v) is 2.64. The lowest BCUT2D eigenvalue weighted by Crippen LogP contribution is -2.39. The number of likely N-dealkylation sites (N-methyl/N-ethyl adjacent to an activating group) is 1. The summed E-state index contributed by atoms with van der Waals surface area (Å²) in [5, 5.41) is 3.17. The van der Waals surface area contributed by atoms with Crippen LogP contribution in [0.15, 0.2) is 0 Å². The maximum atomic E-state index is 6.06. The molecule has 2 nitrogen and oxygen atoms in total. The standard InChI is InChI=1S/C11H23NO/c1-11(2,9-12-3)13-10-7-5-4-6-8-10/h10,12H,4-9H2,1-3H3. The Morgan fingerprint density at radius 3 is 2.38 bits per heavy atom. The number of hydrogen-bond acceptors (Lipinski definition) is 2. The van der Waals surface area contributed by atoms with Gasteiger partial charge in [-0.1, -0.05) is 19.3 Å². The first kappa shape index (κ1) is 11.0. The summed E-state index contributed by atoms with van der Waals surface area (Å²) in [7, 11) is 1.98. The molecule has 0 amide bonds. The Labute approximate surface area is 82.0 Å². The molecule has 2 heteroatoms. The molecule has 78 valence electrons. The predicted molar refractivity (Wildman–Crippen MR) is 56.0 cm³/mol. The lowest BCUT2D eigenvalue weighted by atomic mass is 9.97. The zero-order valence-corrected chi connectivity index (χ0v) is 9.23. The highest BCUT2D eigenvalue weighted by atomic mass is 16.5. The number of hydrogen-bond donors (Lipinski definition) is 1. The van der Waals surface area contributed by atoms with Crippen molar-refractivity contribution in [2.45, 2.75) is 57.7 Å². The van der Waals surface area contributed by atoms with Crippen molar-refractivity contribution in [2.75, 3.05) is 13.6 Å². The van der Waals surface area contributed by atoms with Crippen LogP contribution in [0.5, 0.6) is 0 Å². The van der Waals surface area contributed by atoms with Crippen molar-refractivity contribution in [2.24, 2.45) is 0 Å². The largest absolute Gasteiger partial charge is 0.371 e. The summed E-state index contributed by atoms with van der Waals surface area (Å²) in [6, 6.07) is 0. The maximum absolute atomic E-state index is 6.06. The summed E-state index contributed by atoms with van der Waals surface area (Å²) < 4.78 is 6.06. The molecule has 0 spiro atoms. The van der Waals surface area contributed by atoms with Gasteiger partial charge < -0.3 is 10.1 Å². The van der Waals surface area contributed by atoms with E-state index in [2.05, 4.69) is 19.2 Å². The molecule has 13 heavy (non-hydrogen) atoms. The summed E-state index contributed by atoms with van der Waals surface area (Å²) in [5.74, 6) is 0. The Morgan fingerprint density at radius 2 is 1.85 bits per heavy atom. The molecule has 1 aliphatic carbocycles. The van der Waals surface area contributed by atoms with Gasteiger partial charge in [0.05, 0.1) is 11.7 Å². The number of ether oxygens (including phenoxy) is 1. The lowest BCUT2D eigenvalue weighted by molar-refractivity contribution is -0.0817. The topological polar surface area (TPSA) is 21.3 Å². The molecule has 1 aliphatic rings. The van der Waals surface area contributed by atoms with E-state index in [1.807, 2.05) is 7.05 Å². The van der Waals surface area contributed by atoms with E-state index in [-0.39, 0.29) is 5.60 Å². The Hall–Kier alpha value is -0.0800. The zero-order chi connectivity index (χ0) is 9.73. The van der Waals surface area contributed by atoms with Crippen LogP contribution in [0.2, 0.25) is 0 Å². The molecule has 1 saturated carbocycles. The van der Waals surface area contributed by atoms with E-state index in [0.29, 0.717) is 6.10 Å². The van der Waals surface area contributed by atoms with Gasteiger partial charge in [-0.15, -0.1) is 0 Å². The molecule has 0 aromatic rings. The van der Waals surface area contributed by atoms with Gasteiger partial charge in [-0.3, -0.25) is 0 Å². The van der Waals surface area contributed by atoms with Crippen molar-refractivity contribution >= 4 is 0 Å². The molecule has 0 saturated heterocycles. The average Bonchev–Trinajstić information content (AvgIpc) is 2.04. The normalized spacial score (nSPS) is 20.5. The highest BCUT2D eigenvalue weighted by Crippen LogP contribution is 2.24. The monoisotopic (exact) mass is 185 g/mol. The van der Waals surface area contributed by atoms with Gasteiger partial charge in [-0.05, 0) is 33.7 Å². The van der Waals surface area contributed by atoms with Crippen molar-refractivity contribution < 1.29 is 4.74 Å². The molecule has 1 fully saturated rings. The Bertz CT molecular complexity index is 139. The third kappa shape index (κ3) is 4.10. The van der Waals surface area contributed by atoms with Crippen molar-refractivity contribution in [3.63, 3.8) is 0 Å². The Morgan fingerprint density at radius 1 is 1.23 bits per heavy atom. The molecule has 0 bridgehead atoms. The second-order valence-electron chi connectivity index (χ2n) is 4.67. The van der Waals surface area contributed by atoms with Crippen LogP contribution in [0.25, 0.3) is 0 Å². The Kier molecular flexibility index (Phi) is 4.20. The fourth-order valence-electron chi connectivity index (χ4n) is 2.10. The second kappa shape index (κ2) is 4.97. The zero-order valence-electron chi connectivity index (χ0n) is 9.23. The first-order valence-corrected chi connectivity index (χ1v) is 5.46. The maximum Gasteiger partial charge on any atom is 0.0753 e. The lowest BCUT2D eigenvalue weighted by Gasteiger charge is -2.32. The molecule has 1 N–H and O–H groups in total. The SMILES string of the molecule is CNCC(C)(C)OC1CCCCC1. The average molecular weight is 185 g/mol. The molecule has 0 aromatic heterocycles. The van der Waals surface area contributed by atoms with E-state index < -0.39 is 0 Å². The third-order valence-electron chi connectivity index (χ3n) is 2.64. The fourth-order valence-corrected chi connectivity index (χ4v) is 2.10. The minimum Gasteiger partial charge on any atom is -0.371 e. The highest BCUT2D eigenvalue weighted by Gasteiger charge is 2.24. The molecule has 0 radical (unpaired) electrons. The van der Waals surface area contributed by atoms with E-state index in [4.69, 9.17) is 4.74 Å². The van der Waals surface area contributed by atoms with Crippen molar-refractivity contribution in [3.8, 4) is 0 Å². The van der Waals surface area contributed by atoms with E-state index in [1.165, 1.54) is 32.1 Å². The van der Waals surface area contributed by atoms with Crippen LogP contribution in [-0.4, -0.2) is 25.3 Å². The highest BCUT2D eigenvalue weighted by molar-refractivity contribution is 4.75. The summed E-state index contributed by atoms with van der Waals surface area (Å²) >= 11 is 0. The quantitative estimate of drug-likeness (QED) is 0.726. The number of nitrogens with one attached hydrogen (secondary N) is 1. The molecular formula is C11H23NO. The first-order chi connectivity index (χ1) is 6.14. The van der Waals surface area contributed by atoms with Crippen LogP contribution in [0.3, 0.4) is 0 Å². The van der Waals surface area contributed by atoms with Gasteiger partial charge in [0, 0.05) is 6.54 Å². The predicted octanol–water partition coefficient (Wildman–Crippen LogP) is 2.33. The second-order valence-corrected chi connectivity index (χ2v) is 4.67. The molecule has 0 aromatic carbocycles. The molecule has 0 aliphatic heterocycles. The minimum absolute atomic E-state index is 0.00322. The van der Waals surface area contributed by atoms with Crippen molar-refractivity contribution in [1.29, 1.82) is 0 Å². The van der Waals surface area contributed by atoms with Gasteiger partial charge in [0.25, 0.3) is 0 Å². The van der Waals surface area contributed by atoms with Crippen molar-refractivity contribution in [1.82, 2.24) is 5.32 Å². The van der Waals surface area contributed by atoms with E-state index in [0.717, 1.165) is 6.54 Å². The van der Waals surface area contributed by atoms with Crippen LogP contribution in [0, 0.1) is 0 Å². The molecule has 1 rings (SSSR count). The van der Waals surface area contributed by atoms with Crippen LogP contribution in [0.4, 0.5) is 0 Å². The van der Waals surface area contributed by atoms with Crippen molar-refractivity contribution in [3.05, 3.63) is 0 Å². The van der Waals surface area contributed by atoms with Gasteiger partial charge >= 0.3 is 0 Å². The summed E-state index contributed by atoms with van der Waals surface area (Å²) in [4.78, 5) is 0. The molecular weight excluding hydrogens is 162 g/mol. The molecule has 0 atom stereocenters. The van der Waals surface area contributed by atoms with Gasteiger partial charge in [-0.25, -0.2) is 0 Å². The van der Waals surface area contributed by atoms with Crippen LogP contribution in [-0.2, 0) is 4.74 Å². The van der Waals surface area contributed by atoms with Gasteiger partial charge in [0.15, 0.2) is 0 Å². The minimum atomic E-state index is -0.00322. The summed E-state index contributed by atoms with van der Waals surface area (Å²) in [6.45, 7) is 5.26. The first-order valence-electron chi connectivity index (χ1n) is 5.46. The van der Waals surface area contributed by atoms with Gasteiger partial charge in [0.2, 0.25) is 0 Å². The van der Waals surface area contributed by atoms with Gasteiger partial charge in [-0.2, -0.15) is 0 Å². The summed E-state index contributed by atoms with van der Waals surface area (Å²) in [5.41, 5.74) is -0.00322. The van der Waals surface area contributed by atoms with E-state index in [9.17, 15) is 0 Å². The van der Waals surface area contributed by atoms with E-state index in [1.54, 1.807) is 0 Å². The van der Waals surface area contributed by atoms with Crippen LogP contribution < -0.4 is 5.32 Å².